The van der Waals surface area contributed by atoms with Gasteiger partial charge in [-0.1, -0.05) is 13.3 Å². The summed E-state index contributed by atoms with van der Waals surface area (Å²) >= 11 is 0. The van der Waals surface area contributed by atoms with Crippen molar-refractivity contribution in [2.75, 3.05) is 13.2 Å². The second-order valence-electron chi connectivity index (χ2n) is 8.60. The zero-order chi connectivity index (χ0) is 18.3. The van der Waals surface area contributed by atoms with E-state index in [4.69, 9.17) is 10.6 Å². The van der Waals surface area contributed by atoms with E-state index in [1.54, 1.807) is 0 Å². The Bertz CT molecular complexity index is 560. The average molecular weight is 357 g/mol. The van der Waals surface area contributed by atoms with E-state index in [0.29, 0.717) is 12.5 Å². The molecule has 4 rings (SSSR count). The molecule has 4 fully saturated rings. The van der Waals surface area contributed by atoms with Crippen LogP contribution in [0.3, 0.4) is 0 Å². The lowest BCUT2D eigenvalue weighted by Crippen LogP contribution is -2.61. The second kappa shape index (κ2) is 6.26. The van der Waals surface area contributed by atoms with Gasteiger partial charge in [-0.3, -0.25) is 0 Å². The smallest absolute Gasteiger partial charge is 0.294 e. The largest absolute Gasteiger partial charge is 0.330 e. The Morgan fingerprint density at radius 1 is 1.12 bits per heavy atom. The van der Waals surface area contributed by atoms with E-state index in [1.165, 1.54) is 0 Å². The Kier molecular flexibility index (Phi) is 4.55. The Morgan fingerprint density at radius 3 is 2.40 bits per heavy atom. The lowest BCUT2D eigenvalue weighted by Gasteiger charge is -2.68. The molecule has 142 valence electrons. The van der Waals surface area contributed by atoms with Gasteiger partial charge in [-0.25, -0.2) is 0 Å². The minimum Gasteiger partial charge on any atom is -0.330 e. The summed E-state index contributed by atoms with van der Waals surface area (Å²) in [6.45, 7) is 2.38. The molecule has 4 aliphatic rings. The average Bonchev–Trinajstić information content (AvgIpc) is 2.49. The maximum Gasteiger partial charge on any atom is 0.294 e. The van der Waals surface area contributed by atoms with Crippen molar-refractivity contribution in [3.05, 3.63) is 20.2 Å². The molecule has 4 bridgehead atoms. The van der Waals surface area contributed by atoms with E-state index < -0.39 is 21.7 Å². The lowest BCUT2D eigenvalue weighted by molar-refractivity contribution is -0.794. The molecule has 0 amide bonds. The molecule has 5 unspecified atom stereocenters. The van der Waals surface area contributed by atoms with Crippen molar-refractivity contribution in [2.24, 2.45) is 27.9 Å². The minimum atomic E-state index is -0.903. The van der Waals surface area contributed by atoms with Crippen molar-refractivity contribution in [2.45, 2.75) is 64.4 Å². The van der Waals surface area contributed by atoms with E-state index in [2.05, 4.69) is 11.8 Å². The molecule has 4 saturated carbocycles. The molecule has 0 spiro atoms. The van der Waals surface area contributed by atoms with Gasteiger partial charge in [-0.2, -0.15) is 0 Å². The number of nitrogens with zero attached hydrogens (tertiary/aromatic N) is 2. The van der Waals surface area contributed by atoms with Crippen molar-refractivity contribution in [3.8, 4) is 0 Å². The van der Waals surface area contributed by atoms with Gasteiger partial charge in [0.05, 0.1) is 0 Å². The van der Waals surface area contributed by atoms with Crippen LogP contribution in [0, 0.1) is 42.4 Å². The van der Waals surface area contributed by atoms with Crippen LogP contribution in [-0.2, 0) is 9.68 Å². The molecule has 25 heavy (non-hydrogen) atoms. The van der Waals surface area contributed by atoms with Crippen LogP contribution in [0.25, 0.3) is 0 Å². The lowest BCUT2D eigenvalue weighted by atomic mass is 9.37. The number of hydrogen-bond donors (Lipinski definition) is 1. The van der Waals surface area contributed by atoms with Gasteiger partial charge in [0.25, 0.3) is 10.2 Å². The van der Waals surface area contributed by atoms with E-state index in [1.807, 2.05) is 0 Å². The summed E-state index contributed by atoms with van der Waals surface area (Å²) in [6.07, 6.45) is 6.78. The molecule has 9 heteroatoms. The summed E-state index contributed by atoms with van der Waals surface area (Å²) in [5, 5.41) is 19.9. The number of rotatable bonds is 9. The fourth-order valence-electron chi connectivity index (χ4n) is 6.82. The van der Waals surface area contributed by atoms with Gasteiger partial charge in [-0.05, 0) is 68.2 Å². The number of hydrogen-bond acceptors (Lipinski definition) is 7. The maximum absolute atomic E-state index is 11.0. The fraction of sp³-hybridized carbons (Fsp3) is 1.00. The molecule has 0 heterocycles. The Morgan fingerprint density at radius 2 is 1.80 bits per heavy atom. The molecular weight excluding hydrogens is 330 g/mol. The topological polar surface area (TPSA) is 131 Å². The van der Waals surface area contributed by atoms with Crippen molar-refractivity contribution in [1.82, 2.24) is 0 Å². The first-order chi connectivity index (χ1) is 11.8. The zero-order valence-corrected chi connectivity index (χ0v) is 14.6. The van der Waals surface area contributed by atoms with Crippen LogP contribution in [0.5, 0.6) is 0 Å². The van der Waals surface area contributed by atoms with Gasteiger partial charge in [-0.15, -0.1) is 20.2 Å². The first-order valence-electron chi connectivity index (χ1n) is 9.05. The highest BCUT2D eigenvalue weighted by Gasteiger charge is 2.64. The van der Waals surface area contributed by atoms with Crippen molar-refractivity contribution in [3.63, 3.8) is 0 Å². The summed E-state index contributed by atoms with van der Waals surface area (Å²) in [5.41, 5.74) is 5.66. The molecule has 0 aromatic rings. The van der Waals surface area contributed by atoms with Crippen LogP contribution in [0.1, 0.15) is 58.3 Å². The summed E-state index contributed by atoms with van der Waals surface area (Å²) in [6, 6.07) is 0. The van der Waals surface area contributed by atoms with Crippen LogP contribution >= 0.6 is 0 Å². The molecule has 0 aliphatic heterocycles. The highest BCUT2D eigenvalue weighted by Crippen LogP contribution is 2.72. The fourth-order valence-corrected chi connectivity index (χ4v) is 6.82. The molecule has 0 radical (unpaired) electrons. The van der Waals surface area contributed by atoms with Gasteiger partial charge in [0.2, 0.25) is 0 Å². The van der Waals surface area contributed by atoms with Gasteiger partial charge in [0.15, 0.2) is 0 Å². The van der Waals surface area contributed by atoms with Gasteiger partial charge in [0, 0.05) is 5.41 Å². The predicted octanol–water partition coefficient (Wildman–Crippen LogP) is 2.49. The van der Waals surface area contributed by atoms with Crippen LogP contribution in [-0.4, -0.2) is 29.4 Å². The van der Waals surface area contributed by atoms with Crippen molar-refractivity contribution in [1.29, 1.82) is 0 Å². The van der Waals surface area contributed by atoms with Crippen molar-refractivity contribution >= 4 is 0 Å². The normalized spacial score (nSPS) is 39.8. The summed E-state index contributed by atoms with van der Waals surface area (Å²) in [7, 11) is 0. The first-order valence-corrected chi connectivity index (χ1v) is 9.05. The molecule has 2 N–H and O–H groups in total. The SMILES string of the molecule is CCC12CC3CC(CCN)(C1)CC(C(CO[N+](=O)[O-])O[N+](=O)[O-])(C3)C2. The van der Waals surface area contributed by atoms with Crippen LogP contribution in [0.15, 0.2) is 0 Å². The molecule has 9 nitrogen and oxygen atoms in total. The molecule has 0 aromatic heterocycles. The Labute approximate surface area is 146 Å². The van der Waals surface area contributed by atoms with E-state index in [-0.39, 0.29) is 17.4 Å². The molecular formula is C16H27N3O6. The third-order valence-electron chi connectivity index (χ3n) is 7.00. The molecule has 5 atom stereocenters. The minimum absolute atomic E-state index is 0.0804. The van der Waals surface area contributed by atoms with Gasteiger partial charge < -0.3 is 15.4 Å². The zero-order valence-electron chi connectivity index (χ0n) is 14.6. The number of nitrogens with two attached hydrogens (primary N) is 1. The highest BCUT2D eigenvalue weighted by molar-refractivity contribution is 5.14. The van der Waals surface area contributed by atoms with E-state index in [0.717, 1.165) is 51.4 Å². The first kappa shape index (κ1) is 18.2. The van der Waals surface area contributed by atoms with Gasteiger partial charge in [0.1, 0.15) is 12.7 Å². The molecule has 4 aliphatic carbocycles. The Balaban J connectivity index is 1.93. The Hall–Kier alpha value is -1.64. The molecule has 0 aromatic carbocycles. The second-order valence-corrected chi connectivity index (χ2v) is 8.60. The third kappa shape index (κ3) is 3.26. The highest BCUT2D eigenvalue weighted by atomic mass is 17.0. The third-order valence-corrected chi connectivity index (χ3v) is 7.00. The summed E-state index contributed by atoms with van der Waals surface area (Å²) in [4.78, 5) is 31.2. The summed E-state index contributed by atoms with van der Waals surface area (Å²) in [5.74, 6) is 0.483. The quantitative estimate of drug-likeness (QED) is 0.495. The maximum atomic E-state index is 11.0. The predicted molar refractivity (Wildman–Crippen MR) is 87.3 cm³/mol. The van der Waals surface area contributed by atoms with E-state index in [9.17, 15) is 20.2 Å². The summed E-state index contributed by atoms with van der Waals surface area (Å²) < 4.78 is 0. The molecule has 0 saturated heterocycles. The monoisotopic (exact) mass is 357 g/mol. The van der Waals surface area contributed by atoms with Crippen LogP contribution < -0.4 is 5.73 Å². The van der Waals surface area contributed by atoms with Crippen molar-refractivity contribution < 1.29 is 19.8 Å². The van der Waals surface area contributed by atoms with Gasteiger partial charge >= 0.3 is 0 Å². The van der Waals surface area contributed by atoms with Crippen LogP contribution in [0.4, 0.5) is 0 Å². The van der Waals surface area contributed by atoms with Crippen LogP contribution in [0.2, 0.25) is 0 Å². The standard InChI is InChI=1S/C16H27N3O6/c1-2-14-5-12-6-15(9-14,3-4-17)11-16(7-12,10-14)13(25-19(22)23)8-24-18(20)21/h12-13H,2-11,17H2,1H3. The van der Waals surface area contributed by atoms with E-state index >= 15 is 0 Å².